The topological polar surface area (TPSA) is 6.48 Å². The van der Waals surface area contributed by atoms with Crippen molar-refractivity contribution in [2.45, 2.75) is 0 Å². The molecule has 0 spiro atoms. The molecule has 0 fully saturated rings. The van der Waals surface area contributed by atoms with Crippen LogP contribution in [0.2, 0.25) is 0 Å². The van der Waals surface area contributed by atoms with Gasteiger partial charge in [0.25, 0.3) is 0 Å². The normalized spacial score (nSPS) is 11.0. The lowest BCUT2D eigenvalue weighted by atomic mass is 10.0. The van der Waals surface area contributed by atoms with Gasteiger partial charge in [-0.1, -0.05) is 135 Å². The van der Waals surface area contributed by atoms with Crippen molar-refractivity contribution in [2.75, 3.05) is 9.80 Å². The number of hydrogen-bond donors (Lipinski definition) is 0. The lowest BCUT2D eigenvalue weighted by Crippen LogP contribution is -2.10. The molecule has 0 aliphatic carbocycles. The molecule has 0 saturated carbocycles. The van der Waals surface area contributed by atoms with Gasteiger partial charge in [-0.2, -0.15) is 0 Å². The molecule has 0 heterocycles. The van der Waals surface area contributed by atoms with E-state index in [1.54, 1.807) is 0 Å². The Kier molecular flexibility index (Phi) is 8.26. The van der Waals surface area contributed by atoms with Crippen molar-refractivity contribution in [2.24, 2.45) is 0 Å². The van der Waals surface area contributed by atoms with E-state index in [2.05, 4.69) is 205 Å². The van der Waals surface area contributed by atoms with E-state index in [0.717, 1.165) is 56.4 Å². The van der Waals surface area contributed by atoms with Crippen LogP contribution in [0.15, 0.2) is 195 Å². The molecular weight excluding hydrogens is 605 g/mol. The summed E-state index contributed by atoms with van der Waals surface area (Å²) in [6.07, 6.45) is 3.76. The lowest BCUT2D eigenvalue weighted by Gasteiger charge is -2.27. The Hall–Kier alpha value is -6.64. The second-order valence-corrected chi connectivity index (χ2v) is 12.4. The van der Waals surface area contributed by atoms with Crippen LogP contribution >= 0.6 is 0 Å². The Morgan fingerprint density at radius 2 is 0.600 bits per heavy atom. The van der Waals surface area contributed by atoms with Gasteiger partial charge in [0, 0.05) is 34.1 Å². The van der Waals surface area contributed by atoms with Gasteiger partial charge in [0.15, 0.2) is 0 Å². The summed E-state index contributed by atoms with van der Waals surface area (Å²) in [5.41, 5.74) is 11.1. The predicted octanol–water partition coefficient (Wildman–Crippen LogP) is 13.9. The van der Waals surface area contributed by atoms with E-state index in [-0.39, 0.29) is 0 Å². The number of fused-ring (bicyclic) bond motifs is 2. The van der Waals surface area contributed by atoms with E-state index >= 15 is 0 Å². The fourth-order valence-electron chi connectivity index (χ4n) is 6.65. The molecule has 0 amide bonds. The molecule has 8 aromatic rings. The molecule has 0 aliphatic heterocycles. The molecule has 0 radical (unpaired) electrons. The highest BCUT2D eigenvalue weighted by Gasteiger charge is 2.16. The van der Waals surface area contributed by atoms with Crippen LogP contribution in [0.1, 0.15) is 11.1 Å². The number of nitrogens with zero attached hydrogens (tertiary/aromatic N) is 2. The standard InChI is InChI=1S/C48H36N2/c1-3-35-13-23-43(24-14-35)49(47-31-21-37-9-5-7-11-41(37)33-47)45-27-17-39(18-28-45)40-19-29-46(30-20-40)50(44-25-15-36(4-2)16-26-44)48-32-22-38-10-6-8-12-42(38)34-48/h3-34H,1-2H2. The minimum absolute atomic E-state index is 1.09. The zero-order valence-electron chi connectivity index (χ0n) is 27.8. The van der Waals surface area contributed by atoms with Gasteiger partial charge < -0.3 is 9.80 Å². The fourth-order valence-corrected chi connectivity index (χ4v) is 6.65. The number of anilines is 6. The third kappa shape index (κ3) is 6.07. The zero-order valence-corrected chi connectivity index (χ0v) is 27.8. The Morgan fingerprint density at radius 1 is 0.300 bits per heavy atom. The smallest absolute Gasteiger partial charge is 0.0468 e. The van der Waals surface area contributed by atoms with Crippen molar-refractivity contribution in [3.05, 3.63) is 206 Å². The van der Waals surface area contributed by atoms with E-state index < -0.39 is 0 Å². The van der Waals surface area contributed by atoms with Crippen LogP contribution in [0.3, 0.4) is 0 Å². The summed E-state index contributed by atoms with van der Waals surface area (Å²) in [5, 5.41) is 4.88. The molecule has 2 heteroatoms. The second kappa shape index (κ2) is 13.5. The zero-order chi connectivity index (χ0) is 33.9. The van der Waals surface area contributed by atoms with Gasteiger partial charge in [0.1, 0.15) is 0 Å². The van der Waals surface area contributed by atoms with Crippen molar-refractivity contribution in [1.29, 1.82) is 0 Å². The van der Waals surface area contributed by atoms with Crippen molar-refractivity contribution >= 4 is 67.8 Å². The van der Waals surface area contributed by atoms with Crippen LogP contribution < -0.4 is 9.80 Å². The van der Waals surface area contributed by atoms with E-state index in [1.165, 1.54) is 21.5 Å². The van der Waals surface area contributed by atoms with Gasteiger partial charge in [0.05, 0.1) is 0 Å². The third-order valence-electron chi connectivity index (χ3n) is 9.34. The molecule has 0 saturated heterocycles. The second-order valence-electron chi connectivity index (χ2n) is 12.4. The van der Waals surface area contributed by atoms with Gasteiger partial charge >= 0.3 is 0 Å². The molecule has 50 heavy (non-hydrogen) atoms. The van der Waals surface area contributed by atoms with Crippen LogP contribution in [0.25, 0.3) is 44.8 Å². The molecule has 8 rings (SSSR count). The minimum atomic E-state index is 1.09. The highest BCUT2D eigenvalue weighted by molar-refractivity contribution is 5.91. The molecule has 0 aromatic heterocycles. The number of hydrogen-bond acceptors (Lipinski definition) is 2. The maximum Gasteiger partial charge on any atom is 0.0468 e. The first-order chi connectivity index (χ1) is 24.7. The summed E-state index contributed by atoms with van der Waals surface area (Å²) in [6, 6.07) is 65.1. The lowest BCUT2D eigenvalue weighted by molar-refractivity contribution is 1.28. The maximum atomic E-state index is 3.94. The molecule has 2 nitrogen and oxygen atoms in total. The maximum absolute atomic E-state index is 3.94. The quantitative estimate of drug-likeness (QED) is 0.155. The average molecular weight is 641 g/mol. The minimum Gasteiger partial charge on any atom is -0.310 e. The third-order valence-corrected chi connectivity index (χ3v) is 9.34. The first-order valence-electron chi connectivity index (χ1n) is 16.9. The Morgan fingerprint density at radius 3 is 0.940 bits per heavy atom. The largest absolute Gasteiger partial charge is 0.310 e. The van der Waals surface area contributed by atoms with Crippen molar-refractivity contribution in [3.8, 4) is 11.1 Å². The van der Waals surface area contributed by atoms with E-state index in [0.29, 0.717) is 0 Å². The summed E-state index contributed by atoms with van der Waals surface area (Å²) in [4.78, 5) is 4.62. The molecule has 0 unspecified atom stereocenters. The van der Waals surface area contributed by atoms with Gasteiger partial charge in [-0.05, 0) is 117 Å². The van der Waals surface area contributed by atoms with Gasteiger partial charge in [0.2, 0.25) is 0 Å². The van der Waals surface area contributed by atoms with Crippen LogP contribution in [-0.2, 0) is 0 Å². The van der Waals surface area contributed by atoms with Crippen LogP contribution in [0.4, 0.5) is 34.1 Å². The monoisotopic (exact) mass is 640 g/mol. The Balaban J connectivity index is 1.13. The average Bonchev–Trinajstić information content (AvgIpc) is 3.19. The summed E-state index contributed by atoms with van der Waals surface area (Å²) in [7, 11) is 0. The SMILES string of the molecule is C=Cc1ccc(N(c2ccc(-c3ccc(N(c4ccc(C=C)cc4)c4ccc5ccccc5c4)cc3)cc2)c2ccc3ccccc3c2)cc1. The summed E-state index contributed by atoms with van der Waals surface area (Å²) in [5.74, 6) is 0. The highest BCUT2D eigenvalue weighted by Crippen LogP contribution is 2.39. The summed E-state index contributed by atoms with van der Waals surface area (Å²) >= 11 is 0. The molecule has 8 aromatic carbocycles. The molecule has 0 atom stereocenters. The highest BCUT2D eigenvalue weighted by atomic mass is 15.1. The van der Waals surface area contributed by atoms with Crippen molar-refractivity contribution in [1.82, 2.24) is 0 Å². The van der Waals surface area contributed by atoms with E-state index in [4.69, 9.17) is 0 Å². The number of benzene rings is 8. The first kappa shape index (κ1) is 30.7. The first-order valence-corrected chi connectivity index (χ1v) is 16.9. The number of rotatable bonds is 9. The van der Waals surface area contributed by atoms with Gasteiger partial charge in [-0.15, -0.1) is 0 Å². The molecule has 238 valence electrons. The van der Waals surface area contributed by atoms with E-state index in [9.17, 15) is 0 Å². The van der Waals surface area contributed by atoms with Gasteiger partial charge in [-0.3, -0.25) is 0 Å². The molecule has 0 N–H and O–H groups in total. The Bertz CT molecular complexity index is 2260. The van der Waals surface area contributed by atoms with Crippen molar-refractivity contribution < 1.29 is 0 Å². The summed E-state index contributed by atoms with van der Waals surface area (Å²) < 4.78 is 0. The van der Waals surface area contributed by atoms with Crippen LogP contribution in [0.5, 0.6) is 0 Å². The van der Waals surface area contributed by atoms with Crippen LogP contribution in [-0.4, -0.2) is 0 Å². The van der Waals surface area contributed by atoms with Crippen LogP contribution in [0, 0.1) is 0 Å². The summed E-state index contributed by atoms with van der Waals surface area (Å²) in [6.45, 7) is 7.88. The predicted molar refractivity (Wildman–Crippen MR) is 216 cm³/mol. The van der Waals surface area contributed by atoms with Crippen molar-refractivity contribution in [3.63, 3.8) is 0 Å². The molecular formula is C48H36N2. The van der Waals surface area contributed by atoms with E-state index in [1.807, 2.05) is 12.2 Å². The fraction of sp³-hybridized carbons (Fsp3) is 0. The molecule has 0 bridgehead atoms. The Labute approximate surface area is 294 Å². The van der Waals surface area contributed by atoms with Gasteiger partial charge in [-0.25, -0.2) is 0 Å². The molecule has 0 aliphatic rings.